The summed E-state index contributed by atoms with van der Waals surface area (Å²) in [6.45, 7) is 2.12. The number of quaternary nitrogens is 1. The van der Waals surface area contributed by atoms with Gasteiger partial charge in [-0.05, 0) is 17.7 Å². The van der Waals surface area contributed by atoms with E-state index < -0.39 is 5.60 Å². The number of piperidine rings is 1. The predicted octanol–water partition coefficient (Wildman–Crippen LogP) is 4.05. The van der Waals surface area contributed by atoms with Crippen LogP contribution in [0.1, 0.15) is 42.1 Å². The molecule has 0 aliphatic carbocycles. The fraction of sp³-hybridized carbons (Fsp3) is 0.280. The molecule has 5 atom stereocenters. The van der Waals surface area contributed by atoms with Crippen LogP contribution in [0.5, 0.6) is 0 Å². The second kappa shape index (κ2) is 7.50. The maximum absolute atomic E-state index is 13.5. The van der Waals surface area contributed by atoms with Crippen molar-refractivity contribution in [3.05, 3.63) is 107 Å². The zero-order valence-electron chi connectivity index (χ0n) is 16.3. The van der Waals surface area contributed by atoms with Crippen molar-refractivity contribution in [1.82, 2.24) is 0 Å². The number of benzene rings is 3. The molecular weight excluding hydrogens is 349 g/mol. The molecule has 0 amide bonds. The molecule has 1 unspecified atom stereocenters. The lowest BCUT2D eigenvalue weighted by molar-refractivity contribution is -0.957. The number of nitrogens with one attached hydrogen (secondary N) is 1. The first-order chi connectivity index (χ1) is 13.5. The summed E-state index contributed by atoms with van der Waals surface area (Å²) in [4.78, 5) is 1.37. The summed E-state index contributed by atoms with van der Waals surface area (Å²) in [6, 6.07) is 27.4. The zero-order chi connectivity index (χ0) is 19.7. The van der Waals surface area contributed by atoms with E-state index in [9.17, 15) is 9.50 Å². The fourth-order valence-corrected chi connectivity index (χ4v) is 4.94. The van der Waals surface area contributed by atoms with Crippen molar-refractivity contribution >= 4 is 0 Å². The van der Waals surface area contributed by atoms with Crippen LogP contribution in [0.15, 0.2) is 84.9 Å². The summed E-state index contributed by atoms with van der Waals surface area (Å²) in [5, 5.41) is 11.9. The van der Waals surface area contributed by atoms with Crippen LogP contribution in [0.25, 0.3) is 0 Å². The molecule has 28 heavy (non-hydrogen) atoms. The van der Waals surface area contributed by atoms with Crippen molar-refractivity contribution < 1.29 is 14.4 Å². The van der Waals surface area contributed by atoms with Crippen LogP contribution < -0.4 is 4.90 Å². The highest BCUT2D eigenvalue weighted by molar-refractivity contribution is 5.29. The molecule has 1 saturated heterocycles. The quantitative estimate of drug-likeness (QED) is 0.708. The van der Waals surface area contributed by atoms with Gasteiger partial charge in [0.1, 0.15) is 23.5 Å². The van der Waals surface area contributed by atoms with Gasteiger partial charge in [0, 0.05) is 23.5 Å². The first kappa shape index (κ1) is 18.9. The molecule has 1 aliphatic heterocycles. The second-order valence-electron chi connectivity index (χ2n) is 8.02. The van der Waals surface area contributed by atoms with Crippen LogP contribution in [-0.2, 0) is 5.60 Å². The van der Waals surface area contributed by atoms with Gasteiger partial charge < -0.3 is 10.0 Å². The summed E-state index contributed by atoms with van der Waals surface area (Å²) in [5.74, 6) is -0.307. The fourth-order valence-electron chi connectivity index (χ4n) is 4.94. The highest BCUT2D eigenvalue weighted by Gasteiger charge is 2.52. The van der Waals surface area contributed by atoms with E-state index in [1.807, 2.05) is 12.1 Å². The van der Waals surface area contributed by atoms with Gasteiger partial charge in [-0.25, -0.2) is 4.39 Å². The number of likely N-dealkylation sites (tertiary alicyclic amines) is 1. The van der Waals surface area contributed by atoms with Crippen LogP contribution in [0.4, 0.5) is 4.39 Å². The highest BCUT2D eigenvalue weighted by atomic mass is 19.1. The van der Waals surface area contributed by atoms with Crippen LogP contribution in [-0.4, -0.2) is 12.2 Å². The average Bonchev–Trinajstić information content (AvgIpc) is 2.73. The van der Waals surface area contributed by atoms with E-state index in [4.69, 9.17) is 0 Å². The van der Waals surface area contributed by atoms with E-state index in [2.05, 4.69) is 62.5 Å². The Morgan fingerprint density at radius 1 is 0.857 bits per heavy atom. The summed E-state index contributed by atoms with van der Waals surface area (Å²) in [7, 11) is 2.22. The van der Waals surface area contributed by atoms with Gasteiger partial charge in [0.2, 0.25) is 0 Å². The lowest BCUT2D eigenvalue weighted by Gasteiger charge is -2.49. The lowest BCUT2D eigenvalue weighted by Crippen LogP contribution is -3.12. The summed E-state index contributed by atoms with van der Waals surface area (Å²) in [5.41, 5.74) is 2.19. The van der Waals surface area contributed by atoms with Gasteiger partial charge in [0.25, 0.3) is 0 Å². The van der Waals surface area contributed by atoms with E-state index in [0.29, 0.717) is 6.42 Å². The van der Waals surface area contributed by atoms with E-state index in [-0.39, 0.29) is 23.8 Å². The van der Waals surface area contributed by atoms with Gasteiger partial charge in [-0.3, -0.25) is 0 Å². The number of hydrogen-bond acceptors (Lipinski definition) is 1. The largest absolute Gasteiger partial charge is 0.384 e. The third-order valence-electron chi connectivity index (χ3n) is 6.51. The Kier molecular flexibility index (Phi) is 5.05. The second-order valence-corrected chi connectivity index (χ2v) is 8.02. The van der Waals surface area contributed by atoms with Crippen LogP contribution >= 0.6 is 0 Å². The Hall–Kier alpha value is -2.49. The molecule has 3 heteroatoms. The van der Waals surface area contributed by atoms with Crippen molar-refractivity contribution in [3.63, 3.8) is 0 Å². The minimum atomic E-state index is -1.03. The maximum atomic E-state index is 13.5. The molecule has 2 nitrogen and oxygen atoms in total. The van der Waals surface area contributed by atoms with E-state index in [1.54, 1.807) is 12.1 Å². The van der Waals surface area contributed by atoms with Crippen LogP contribution in [0, 0.1) is 11.7 Å². The molecule has 0 radical (unpaired) electrons. The molecule has 2 N–H and O–H groups in total. The molecule has 3 aromatic carbocycles. The van der Waals surface area contributed by atoms with E-state index in [1.165, 1.54) is 28.2 Å². The molecule has 1 fully saturated rings. The third kappa shape index (κ3) is 3.25. The van der Waals surface area contributed by atoms with Crippen molar-refractivity contribution in [1.29, 1.82) is 0 Å². The number of aliphatic hydroxyl groups is 1. The Bertz CT molecular complexity index is 912. The molecule has 0 spiro atoms. The molecule has 0 bridgehead atoms. The van der Waals surface area contributed by atoms with Gasteiger partial charge in [-0.15, -0.1) is 0 Å². The Morgan fingerprint density at radius 2 is 1.39 bits per heavy atom. The summed E-state index contributed by atoms with van der Waals surface area (Å²) < 4.78 is 13.5. The van der Waals surface area contributed by atoms with Crippen molar-refractivity contribution in [3.8, 4) is 0 Å². The monoisotopic (exact) mass is 376 g/mol. The standard InChI is InChI=1S/C25H26FNO/c1-18-24(20-11-7-4-8-12-20)27(2)23(19-9-5-3-6-10-19)17-25(18,28)21-13-15-22(26)16-14-21/h3-16,18,23-24,28H,17H2,1-2H3/p+1/t18-,23-,24+,25+/m0/s1. The normalized spacial score (nSPS) is 30.1. The number of hydrogen-bond donors (Lipinski definition) is 2. The van der Waals surface area contributed by atoms with Gasteiger partial charge in [0.15, 0.2) is 0 Å². The molecule has 0 saturated carbocycles. The Labute approximate surface area is 166 Å². The van der Waals surface area contributed by atoms with Crippen molar-refractivity contribution in [2.45, 2.75) is 31.0 Å². The molecule has 144 valence electrons. The first-order valence-corrected chi connectivity index (χ1v) is 9.92. The first-order valence-electron chi connectivity index (χ1n) is 9.92. The molecule has 3 aromatic rings. The SMILES string of the molecule is C[C@H]1[C@H](c2ccccc2)[NH+](C)[C@H](c2ccccc2)C[C@]1(O)c1ccc(F)cc1. The molecule has 1 heterocycles. The molecular formula is C25H27FNO+. The minimum Gasteiger partial charge on any atom is -0.384 e. The Morgan fingerprint density at radius 3 is 1.96 bits per heavy atom. The zero-order valence-corrected chi connectivity index (χ0v) is 16.3. The van der Waals surface area contributed by atoms with Gasteiger partial charge in [-0.1, -0.05) is 79.7 Å². The number of halogens is 1. The molecule has 0 aromatic heterocycles. The average molecular weight is 376 g/mol. The number of rotatable bonds is 3. The van der Waals surface area contributed by atoms with Crippen molar-refractivity contribution in [2.24, 2.45) is 5.92 Å². The third-order valence-corrected chi connectivity index (χ3v) is 6.51. The van der Waals surface area contributed by atoms with E-state index >= 15 is 0 Å². The maximum Gasteiger partial charge on any atom is 0.123 e. The lowest BCUT2D eigenvalue weighted by atomic mass is 9.68. The van der Waals surface area contributed by atoms with Crippen LogP contribution in [0.2, 0.25) is 0 Å². The summed E-state index contributed by atoms with van der Waals surface area (Å²) in [6.07, 6.45) is 0.596. The molecule has 1 aliphatic rings. The van der Waals surface area contributed by atoms with Gasteiger partial charge in [0.05, 0.1) is 7.05 Å². The van der Waals surface area contributed by atoms with E-state index in [0.717, 1.165) is 5.56 Å². The van der Waals surface area contributed by atoms with Crippen molar-refractivity contribution in [2.75, 3.05) is 7.05 Å². The topological polar surface area (TPSA) is 24.7 Å². The van der Waals surface area contributed by atoms with Gasteiger partial charge >= 0.3 is 0 Å². The smallest absolute Gasteiger partial charge is 0.123 e. The summed E-state index contributed by atoms with van der Waals surface area (Å²) >= 11 is 0. The highest BCUT2D eigenvalue weighted by Crippen LogP contribution is 2.45. The molecule has 4 rings (SSSR count). The van der Waals surface area contributed by atoms with Crippen LogP contribution in [0.3, 0.4) is 0 Å². The predicted molar refractivity (Wildman–Crippen MR) is 109 cm³/mol. The minimum absolute atomic E-state index is 0.0275. The Balaban J connectivity index is 1.83. The van der Waals surface area contributed by atoms with Gasteiger partial charge in [-0.2, -0.15) is 0 Å².